The van der Waals surface area contributed by atoms with E-state index in [2.05, 4.69) is 5.32 Å². The first kappa shape index (κ1) is 16.0. The Morgan fingerprint density at radius 1 is 1.29 bits per heavy atom. The monoisotopic (exact) mass is 311 g/mol. The van der Waals surface area contributed by atoms with Crippen molar-refractivity contribution in [2.45, 2.75) is 31.9 Å². The van der Waals surface area contributed by atoms with Crippen molar-refractivity contribution in [1.82, 2.24) is 5.32 Å². The number of carbonyl (C=O) groups is 1. The third kappa shape index (κ3) is 4.54. The summed E-state index contributed by atoms with van der Waals surface area (Å²) in [4.78, 5) is 12.4. The number of benzene rings is 1. The molecule has 1 aliphatic heterocycles. The highest BCUT2D eigenvalue weighted by Gasteiger charge is 2.28. The van der Waals surface area contributed by atoms with E-state index in [0.29, 0.717) is 19.4 Å². The van der Waals surface area contributed by atoms with Gasteiger partial charge in [-0.2, -0.15) is 0 Å². The highest BCUT2D eigenvalue weighted by atomic mass is 32.2. The molecule has 1 aliphatic rings. The summed E-state index contributed by atoms with van der Waals surface area (Å²) in [5.74, 6) is 0.0814. The standard InChI is InChI=1S/C15H21NO4S/c1-2-20-14(12-6-4-3-5-7-12)15(17)16-13-8-10-21(18,19)11-9-13/h3-7,13-14H,2,8-11H2,1H3,(H,16,17)/t14-/m0/s1. The van der Waals surface area contributed by atoms with Crippen molar-refractivity contribution in [2.75, 3.05) is 18.1 Å². The van der Waals surface area contributed by atoms with Crippen LogP contribution in [-0.4, -0.2) is 38.5 Å². The van der Waals surface area contributed by atoms with Crippen LogP contribution in [0.25, 0.3) is 0 Å². The van der Waals surface area contributed by atoms with Gasteiger partial charge in [0.05, 0.1) is 11.5 Å². The third-order valence-electron chi connectivity index (χ3n) is 3.57. The van der Waals surface area contributed by atoms with Crippen molar-refractivity contribution in [3.8, 4) is 0 Å². The lowest BCUT2D eigenvalue weighted by Gasteiger charge is -2.25. The SMILES string of the molecule is CCO[C@H](C(=O)NC1CCS(=O)(=O)CC1)c1ccccc1. The molecule has 6 heteroatoms. The first-order valence-corrected chi connectivity index (χ1v) is 9.01. The summed E-state index contributed by atoms with van der Waals surface area (Å²) in [6.45, 7) is 2.28. The maximum Gasteiger partial charge on any atom is 0.253 e. The van der Waals surface area contributed by atoms with E-state index in [4.69, 9.17) is 4.74 Å². The molecule has 116 valence electrons. The van der Waals surface area contributed by atoms with E-state index in [1.165, 1.54) is 0 Å². The highest BCUT2D eigenvalue weighted by molar-refractivity contribution is 7.91. The van der Waals surface area contributed by atoms with Crippen molar-refractivity contribution in [2.24, 2.45) is 0 Å². The Balaban J connectivity index is 2.00. The summed E-state index contributed by atoms with van der Waals surface area (Å²) in [6.07, 6.45) is 0.304. The fourth-order valence-electron chi connectivity index (χ4n) is 2.43. The molecule has 0 aromatic heterocycles. The third-order valence-corrected chi connectivity index (χ3v) is 5.29. The van der Waals surface area contributed by atoms with E-state index in [0.717, 1.165) is 5.56 Å². The number of nitrogens with one attached hydrogen (secondary N) is 1. The van der Waals surface area contributed by atoms with Crippen LogP contribution in [0.3, 0.4) is 0 Å². The van der Waals surface area contributed by atoms with E-state index in [9.17, 15) is 13.2 Å². The van der Waals surface area contributed by atoms with Crippen LogP contribution in [0.1, 0.15) is 31.4 Å². The molecule has 0 unspecified atom stereocenters. The Morgan fingerprint density at radius 2 is 1.90 bits per heavy atom. The molecule has 1 N–H and O–H groups in total. The lowest BCUT2D eigenvalue weighted by molar-refractivity contribution is -0.133. The summed E-state index contributed by atoms with van der Waals surface area (Å²) in [5.41, 5.74) is 0.806. The van der Waals surface area contributed by atoms with Crippen LogP contribution in [0.2, 0.25) is 0 Å². The number of amides is 1. The molecule has 0 aliphatic carbocycles. The summed E-state index contributed by atoms with van der Waals surface area (Å²) in [7, 11) is -2.92. The van der Waals surface area contributed by atoms with Crippen LogP contribution in [0.4, 0.5) is 0 Å². The van der Waals surface area contributed by atoms with Gasteiger partial charge in [0.25, 0.3) is 5.91 Å². The Kier molecular flexibility index (Phi) is 5.36. The molecule has 1 aromatic rings. The van der Waals surface area contributed by atoms with Gasteiger partial charge in [0.15, 0.2) is 6.10 Å². The zero-order chi connectivity index (χ0) is 15.3. The van der Waals surface area contributed by atoms with Gasteiger partial charge in [-0.05, 0) is 25.3 Å². The van der Waals surface area contributed by atoms with E-state index in [-0.39, 0.29) is 23.5 Å². The fraction of sp³-hybridized carbons (Fsp3) is 0.533. The van der Waals surface area contributed by atoms with Gasteiger partial charge in [0.2, 0.25) is 0 Å². The Hall–Kier alpha value is -1.40. The summed E-state index contributed by atoms with van der Waals surface area (Å²) < 4.78 is 28.3. The average molecular weight is 311 g/mol. The van der Waals surface area contributed by atoms with Gasteiger partial charge in [0, 0.05) is 12.6 Å². The van der Waals surface area contributed by atoms with Crippen molar-refractivity contribution < 1.29 is 17.9 Å². The van der Waals surface area contributed by atoms with Crippen LogP contribution < -0.4 is 5.32 Å². The molecule has 0 spiro atoms. The van der Waals surface area contributed by atoms with E-state index < -0.39 is 15.9 Å². The Bertz CT molecular complexity index is 557. The van der Waals surface area contributed by atoms with Crippen LogP contribution in [0.5, 0.6) is 0 Å². The first-order chi connectivity index (χ1) is 10.0. The fourth-order valence-corrected chi connectivity index (χ4v) is 3.92. The number of sulfone groups is 1. The largest absolute Gasteiger partial charge is 0.364 e. The zero-order valence-corrected chi connectivity index (χ0v) is 12.9. The number of hydrogen-bond acceptors (Lipinski definition) is 4. The normalized spacial score (nSPS) is 19.9. The molecule has 5 nitrogen and oxygen atoms in total. The molecule has 2 rings (SSSR count). The van der Waals surface area contributed by atoms with E-state index in [1.807, 2.05) is 37.3 Å². The van der Waals surface area contributed by atoms with Crippen molar-refractivity contribution >= 4 is 15.7 Å². The first-order valence-electron chi connectivity index (χ1n) is 7.19. The van der Waals surface area contributed by atoms with Crippen LogP contribution in [-0.2, 0) is 19.4 Å². The summed E-state index contributed by atoms with van der Waals surface area (Å²) in [5, 5.41) is 2.91. The van der Waals surface area contributed by atoms with Crippen LogP contribution in [0.15, 0.2) is 30.3 Å². The Morgan fingerprint density at radius 3 is 2.48 bits per heavy atom. The van der Waals surface area contributed by atoms with Gasteiger partial charge in [0.1, 0.15) is 9.84 Å². The average Bonchev–Trinajstić information content (AvgIpc) is 2.48. The second-order valence-electron chi connectivity index (χ2n) is 5.18. The molecular weight excluding hydrogens is 290 g/mol. The quantitative estimate of drug-likeness (QED) is 0.893. The number of ether oxygens (including phenoxy) is 1. The molecule has 1 atom stereocenters. The van der Waals surface area contributed by atoms with Gasteiger partial charge in [-0.3, -0.25) is 4.79 Å². The molecule has 21 heavy (non-hydrogen) atoms. The lowest BCUT2D eigenvalue weighted by Crippen LogP contribution is -2.43. The topological polar surface area (TPSA) is 72.5 Å². The van der Waals surface area contributed by atoms with Crippen LogP contribution in [0, 0.1) is 0 Å². The van der Waals surface area contributed by atoms with Gasteiger partial charge in [-0.1, -0.05) is 30.3 Å². The second kappa shape index (κ2) is 7.04. The summed E-state index contributed by atoms with van der Waals surface area (Å²) in [6, 6.07) is 9.23. The van der Waals surface area contributed by atoms with Crippen molar-refractivity contribution in [3.63, 3.8) is 0 Å². The highest BCUT2D eigenvalue weighted by Crippen LogP contribution is 2.19. The number of carbonyl (C=O) groups excluding carboxylic acids is 1. The van der Waals surface area contributed by atoms with Gasteiger partial charge >= 0.3 is 0 Å². The predicted octanol–water partition coefficient (Wildman–Crippen LogP) is 1.46. The minimum atomic E-state index is -2.92. The van der Waals surface area contributed by atoms with E-state index in [1.54, 1.807) is 0 Å². The number of rotatable bonds is 5. The minimum absolute atomic E-state index is 0.0901. The van der Waals surface area contributed by atoms with E-state index >= 15 is 0 Å². The van der Waals surface area contributed by atoms with Crippen LogP contribution >= 0.6 is 0 Å². The second-order valence-corrected chi connectivity index (χ2v) is 7.48. The minimum Gasteiger partial charge on any atom is -0.364 e. The van der Waals surface area contributed by atoms with Gasteiger partial charge < -0.3 is 10.1 Å². The maximum atomic E-state index is 12.4. The smallest absolute Gasteiger partial charge is 0.253 e. The molecule has 0 bridgehead atoms. The molecule has 1 aromatic carbocycles. The molecule has 1 saturated heterocycles. The molecule has 1 fully saturated rings. The molecular formula is C15H21NO4S. The Labute approximate surface area is 125 Å². The molecule has 1 heterocycles. The van der Waals surface area contributed by atoms with Gasteiger partial charge in [-0.15, -0.1) is 0 Å². The number of hydrogen-bond donors (Lipinski definition) is 1. The lowest BCUT2D eigenvalue weighted by atomic mass is 10.1. The van der Waals surface area contributed by atoms with Crippen molar-refractivity contribution in [3.05, 3.63) is 35.9 Å². The predicted molar refractivity (Wildman–Crippen MR) is 80.6 cm³/mol. The van der Waals surface area contributed by atoms with Gasteiger partial charge in [-0.25, -0.2) is 8.42 Å². The molecule has 0 radical (unpaired) electrons. The summed E-state index contributed by atoms with van der Waals surface area (Å²) >= 11 is 0. The van der Waals surface area contributed by atoms with Crippen molar-refractivity contribution in [1.29, 1.82) is 0 Å². The maximum absolute atomic E-state index is 12.4. The molecule has 0 saturated carbocycles. The molecule has 1 amide bonds. The zero-order valence-electron chi connectivity index (χ0n) is 12.1.